The van der Waals surface area contributed by atoms with E-state index >= 15 is 0 Å². The van der Waals surface area contributed by atoms with Gasteiger partial charge in [0.05, 0.1) is 9.95 Å². The zero-order valence-electron chi connectivity index (χ0n) is 12.3. The van der Waals surface area contributed by atoms with Gasteiger partial charge in [0.25, 0.3) is 0 Å². The van der Waals surface area contributed by atoms with Gasteiger partial charge in [0.2, 0.25) is 0 Å². The maximum atomic E-state index is 12.5. The summed E-state index contributed by atoms with van der Waals surface area (Å²) in [5, 5.41) is 19.3. The third-order valence-corrected chi connectivity index (χ3v) is 5.06. The first kappa shape index (κ1) is 16.4. The second-order valence-electron chi connectivity index (χ2n) is 4.89. The number of rotatable bonds is 5. The molecule has 1 aromatic carbocycles. The number of Topliss-reactive ketones (excluding diaryl/α,β-unsaturated/α-hetero) is 1. The molecule has 1 saturated heterocycles. The Kier molecular flexibility index (Phi) is 4.77. The van der Waals surface area contributed by atoms with E-state index in [1.165, 1.54) is 11.3 Å². The average molecular weight is 360 g/mol. The Bertz CT molecular complexity index is 813. The molecule has 3 rings (SSSR count). The van der Waals surface area contributed by atoms with Crippen LogP contribution >= 0.6 is 23.1 Å². The van der Waals surface area contributed by atoms with Crippen molar-refractivity contribution in [2.45, 2.75) is 5.92 Å². The van der Waals surface area contributed by atoms with E-state index in [4.69, 9.17) is 15.3 Å². The molecular formula is C16H12N2O4S2. The van der Waals surface area contributed by atoms with Crippen LogP contribution in [0, 0.1) is 5.41 Å². The molecule has 0 saturated carbocycles. The van der Waals surface area contributed by atoms with Gasteiger partial charge in [-0.05, 0) is 23.8 Å². The normalized spacial score (nSPS) is 19.0. The molecule has 1 aliphatic heterocycles. The number of thioether (sulfide) groups is 1. The summed E-state index contributed by atoms with van der Waals surface area (Å²) in [6, 6.07) is 6.75. The zero-order valence-corrected chi connectivity index (χ0v) is 13.9. The van der Waals surface area contributed by atoms with Crippen molar-refractivity contribution >= 4 is 46.0 Å². The van der Waals surface area contributed by atoms with Crippen LogP contribution in [0.5, 0.6) is 5.75 Å². The van der Waals surface area contributed by atoms with Crippen LogP contribution in [-0.4, -0.2) is 33.5 Å². The number of carbonyl (C=O) groups is 2. The van der Waals surface area contributed by atoms with Crippen LogP contribution in [0.15, 0.2) is 40.7 Å². The minimum Gasteiger partial charge on any atom is -0.482 e. The molecule has 122 valence electrons. The van der Waals surface area contributed by atoms with Gasteiger partial charge in [-0.25, -0.2) is 9.78 Å². The lowest BCUT2D eigenvalue weighted by Crippen LogP contribution is -2.11. The highest BCUT2D eigenvalue weighted by Crippen LogP contribution is 2.41. The highest BCUT2D eigenvalue weighted by molar-refractivity contribution is 8.19. The number of carboxylic acids is 1. The van der Waals surface area contributed by atoms with Crippen molar-refractivity contribution < 1.29 is 19.4 Å². The Morgan fingerprint density at radius 2 is 2.12 bits per heavy atom. The number of ether oxygens (including phenoxy) is 1. The van der Waals surface area contributed by atoms with E-state index in [0.29, 0.717) is 15.7 Å². The van der Waals surface area contributed by atoms with Gasteiger partial charge in [-0.15, -0.1) is 11.3 Å². The molecule has 1 atom stereocenters. The molecule has 8 heteroatoms. The number of benzene rings is 1. The topological polar surface area (TPSA) is 100 Å². The number of ketones is 1. The van der Waals surface area contributed by atoms with E-state index in [2.05, 4.69) is 4.98 Å². The fourth-order valence-corrected chi connectivity index (χ4v) is 3.95. The predicted molar refractivity (Wildman–Crippen MR) is 92.7 cm³/mol. The summed E-state index contributed by atoms with van der Waals surface area (Å²) in [4.78, 5) is 27.6. The molecule has 0 aliphatic carbocycles. The summed E-state index contributed by atoms with van der Waals surface area (Å²) < 4.78 is 5.06. The second kappa shape index (κ2) is 6.98. The van der Waals surface area contributed by atoms with Crippen molar-refractivity contribution in [2.75, 3.05) is 6.61 Å². The van der Waals surface area contributed by atoms with Crippen LogP contribution in [0.25, 0.3) is 6.08 Å². The number of aromatic nitrogens is 1. The van der Waals surface area contributed by atoms with Gasteiger partial charge in [0.15, 0.2) is 12.4 Å². The summed E-state index contributed by atoms with van der Waals surface area (Å²) in [7, 11) is 0. The van der Waals surface area contributed by atoms with E-state index in [1.54, 1.807) is 41.9 Å². The molecule has 2 N–H and O–H groups in total. The van der Waals surface area contributed by atoms with Gasteiger partial charge < -0.3 is 9.84 Å². The molecule has 6 nitrogen and oxygen atoms in total. The summed E-state index contributed by atoms with van der Waals surface area (Å²) in [6.07, 6.45) is 3.35. The standard InChI is InChI=1S/C16H12N2O4S2/c17-15-13(16-18-5-6-23-16)14(21)11(24-15)7-9-1-3-10(4-2-9)22-8-12(19)20/h1-7,13,17H,8H2,(H,19,20)/b11-7-,17-15?/t13-/m1/s1. The minimum absolute atomic E-state index is 0.119. The number of hydrogen-bond donors (Lipinski definition) is 2. The van der Waals surface area contributed by atoms with E-state index in [-0.39, 0.29) is 10.8 Å². The number of carboxylic acid groups (broad SMARTS) is 1. The maximum absolute atomic E-state index is 12.5. The number of hydrogen-bond acceptors (Lipinski definition) is 7. The van der Waals surface area contributed by atoms with Crippen molar-refractivity contribution in [3.8, 4) is 5.75 Å². The monoisotopic (exact) mass is 360 g/mol. The third kappa shape index (κ3) is 3.55. The molecule has 0 spiro atoms. The summed E-state index contributed by atoms with van der Waals surface area (Å²) in [6.45, 7) is -0.401. The quantitative estimate of drug-likeness (QED) is 0.795. The van der Waals surface area contributed by atoms with Gasteiger partial charge in [0.1, 0.15) is 16.7 Å². The van der Waals surface area contributed by atoms with Crippen molar-refractivity contribution in [3.63, 3.8) is 0 Å². The smallest absolute Gasteiger partial charge is 0.341 e. The van der Waals surface area contributed by atoms with Gasteiger partial charge >= 0.3 is 5.97 Å². The van der Waals surface area contributed by atoms with Crippen molar-refractivity contribution in [2.24, 2.45) is 0 Å². The van der Waals surface area contributed by atoms with Crippen molar-refractivity contribution in [3.05, 3.63) is 51.3 Å². The fraction of sp³-hybridized carbons (Fsp3) is 0.125. The van der Waals surface area contributed by atoms with E-state index < -0.39 is 18.5 Å². The Balaban J connectivity index is 1.76. The van der Waals surface area contributed by atoms with Crippen LogP contribution in [0.3, 0.4) is 0 Å². The summed E-state index contributed by atoms with van der Waals surface area (Å²) in [5.41, 5.74) is 0.779. The number of aliphatic carboxylic acids is 1. The van der Waals surface area contributed by atoms with E-state index in [1.807, 2.05) is 0 Å². The molecule has 0 amide bonds. The summed E-state index contributed by atoms with van der Waals surface area (Å²) >= 11 is 2.51. The molecule has 1 aromatic heterocycles. The lowest BCUT2D eigenvalue weighted by molar-refractivity contribution is -0.139. The number of nitrogens with one attached hydrogen (secondary N) is 1. The maximum Gasteiger partial charge on any atom is 0.341 e. The summed E-state index contributed by atoms with van der Waals surface area (Å²) in [5.74, 6) is -1.31. The van der Waals surface area contributed by atoms with Crippen molar-refractivity contribution in [1.29, 1.82) is 5.41 Å². The molecule has 1 aliphatic rings. The zero-order chi connectivity index (χ0) is 17.1. The minimum atomic E-state index is -1.04. The van der Waals surface area contributed by atoms with Crippen molar-refractivity contribution in [1.82, 2.24) is 4.98 Å². The van der Waals surface area contributed by atoms with Crippen LogP contribution in [0.4, 0.5) is 0 Å². The molecule has 0 unspecified atom stereocenters. The second-order valence-corrected chi connectivity index (χ2v) is 6.90. The molecule has 0 radical (unpaired) electrons. The first-order valence-electron chi connectivity index (χ1n) is 6.91. The Morgan fingerprint density at radius 3 is 2.75 bits per heavy atom. The Hall–Kier alpha value is -2.45. The highest BCUT2D eigenvalue weighted by atomic mass is 32.2. The largest absolute Gasteiger partial charge is 0.482 e. The number of allylic oxidation sites excluding steroid dienone is 1. The lowest BCUT2D eigenvalue weighted by Gasteiger charge is -2.03. The van der Waals surface area contributed by atoms with Crippen LogP contribution < -0.4 is 4.74 Å². The van der Waals surface area contributed by atoms with Gasteiger partial charge in [-0.1, -0.05) is 23.9 Å². The van der Waals surface area contributed by atoms with Gasteiger partial charge in [-0.2, -0.15) is 0 Å². The molecular weight excluding hydrogens is 348 g/mol. The van der Waals surface area contributed by atoms with E-state index in [0.717, 1.165) is 17.3 Å². The highest BCUT2D eigenvalue weighted by Gasteiger charge is 2.38. The SMILES string of the molecule is N=C1S/C(=C\c2ccc(OCC(=O)O)cc2)C(=O)[C@H]1c1nccs1. The van der Waals surface area contributed by atoms with Crippen LogP contribution in [-0.2, 0) is 9.59 Å². The molecule has 2 heterocycles. The molecule has 0 bridgehead atoms. The average Bonchev–Trinajstić information content (AvgIpc) is 3.15. The fourth-order valence-electron chi connectivity index (χ4n) is 2.15. The molecule has 1 fully saturated rings. The number of carbonyl (C=O) groups excluding carboxylic acids is 1. The lowest BCUT2D eigenvalue weighted by atomic mass is 10.1. The van der Waals surface area contributed by atoms with E-state index in [9.17, 15) is 9.59 Å². The Labute approximate surface area is 145 Å². The number of nitrogens with zero attached hydrogens (tertiary/aromatic N) is 1. The van der Waals surface area contributed by atoms with Gasteiger partial charge in [0, 0.05) is 11.6 Å². The predicted octanol–water partition coefficient (Wildman–Crippen LogP) is 3.02. The third-order valence-electron chi connectivity index (χ3n) is 3.23. The van der Waals surface area contributed by atoms with Gasteiger partial charge in [-0.3, -0.25) is 10.2 Å². The molecule has 2 aromatic rings. The first-order chi connectivity index (χ1) is 11.5. The number of thiazole rings is 1. The Morgan fingerprint density at radius 1 is 1.38 bits per heavy atom. The van der Waals surface area contributed by atoms with Crippen LogP contribution in [0.2, 0.25) is 0 Å². The van der Waals surface area contributed by atoms with Crippen LogP contribution in [0.1, 0.15) is 16.5 Å². The first-order valence-corrected chi connectivity index (χ1v) is 8.60. The molecule has 24 heavy (non-hydrogen) atoms.